The molecule has 1 unspecified atom stereocenters. The van der Waals surface area contributed by atoms with Gasteiger partial charge in [-0.25, -0.2) is 13.1 Å². The molecule has 1 atom stereocenters. The van der Waals surface area contributed by atoms with Crippen LogP contribution in [0.3, 0.4) is 0 Å². The molecular formula is C12H25N5O2S. The van der Waals surface area contributed by atoms with Crippen molar-refractivity contribution in [3.8, 4) is 0 Å². The van der Waals surface area contributed by atoms with Crippen molar-refractivity contribution in [3.63, 3.8) is 0 Å². The molecule has 0 aliphatic heterocycles. The number of nitrogens with two attached hydrogens (primary N) is 1. The second-order valence-corrected chi connectivity index (χ2v) is 7.21. The second-order valence-electron chi connectivity index (χ2n) is 5.56. The smallest absolute Gasteiger partial charge is 0.244 e. The molecule has 1 aromatic heterocycles. The molecule has 116 valence electrons. The minimum atomic E-state index is -3.63. The molecule has 0 aliphatic rings. The number of likely N-dealkylation sites (N-methyl/N-ethyl adjacent to an activating group) is 1. The van der Waals surface area contributed by atoms with Gasteiger partial charge in [0.1, 0.15) is 4.90 Å². The third-order valence-electron chi connectivity index (χ3n) is 3.10. The summed E-state index contributed by atoms with van der Waals surface area (Å²) >= 11 is 0. The van der Waals surface area contributed by atoms with Crippen LogP contribution in [0, 0.1) is 12.8 Å². The molecule has 0 radical (unpaired) electrons. The Morgan fingerprint density at radius 2 is 2.00 bits per heavy atom. The van der Waals surface area contributed by atoms with Gasteiger partial charge in [-0.05, 0) is 26.9 Å². The molecule has 0 spiro atoms. The Morgan fingerprint density at radius 3 is 2.45 bits per heavy atom. The molecule has 8 heteroatoms. The van der Waals surface area contributed by atoms with E-state index in [1.54, 1.807) is 6.92 Å². The monoisotopic (exact) mass is 303 g/mol. The predicted octanol–water partition coefficient (Wildman–Crippen LogP) is 0.0413. The molecule has 0 fully saturated rings. The summed E-state index contributed by atoms with van der Waals surface area (Å²) in [4.78, 5) is 2.13. The first-order chi connectivity index (χ1) is 9.19. The zero-order valence-corrected chi connectivity index (χ0v) is 13.6. The number of sulfonamides is 1. The fourth-order valence-corrected chi connectivity index (χ4v) is 3.75. The molecule has 0 amide bonds. The van der Waals surface area contributed by atoms with Crippen LogP contribution >= 0.6 is 0 Å². The lowest BCUT2D eigenvalue weighted by atomic mass is 10.1. The lowest BCUT2D eigenvalue weighted by Crippen LogP contribution is -2.45. The highest BCUT2D eigenvalue weighted by Crippen LogP contribution is 2.18. The summed E-state index contributed by atoms with van der Waals surface area (Å²) in [5.41, 5.74) is 6.42. The van der Waals surface area contributed by atoms with Crippen LogP contribution in [0.5, 0.6) is 0 Å². The zero-order valence-electron chi connectivity index (χ0n) is 12.8. The van der Waals surface area contributed by atoms with Gasteiger partial charge in [0, 0.05) is 19.1 Å². The summed E-state index contributed by atoms with van der Waals surface area (Å²) in [5, 5.41) is 6.61. The maximum atomic E-state index is 12.5. The van der Waals surface area contributed by atoms with E-state index in [0.29, 0.717) is 17.9 Å². The van der Waals surface area contributed by atoms with E-state index >= 15 is 0 Å². The van der Waals surface area contributed by atoms with E-state index in [4.69, 9.17) is 5.73 Å². The van der Waals surface area contributed by atoms with Gasteiger partial charge in [-0.2, -0.15) is 5.10 Å². The Hall–Kier alpha value is -0.960. The van der Waals surface area contributed by atoms with E-state index in [2.05, 4.69) is 14.9 Å². The lowest BCUT2D eigenvalue weighted by Gasteiger charge is -2.25. The first-order valence-electron chi connectivity index (χ1n) is 6.60. The van der Waals surface area contributed by atoms with Crippen LogP contribution < -0.4 is 10.5 Å². The van der Waals surface area contributed by atoms with Gasteiger partial charge in [-0.15, -0.1) is 0 Å². The first kappa shape index (κ1) is 17.1. The van der Waals surface area contributed by atoms with Crippen molar-refractivity contribution in [1.29, 1.82) is 0 Å². The number of rotatable bonds is 7. The summed E-state index contributed by atoms with van der Waals surface area (Å²) in [5.74, 6) is 0.181. The summed E-state index contributed by atoms with van der Waals surface area (Å²) in [6.45, 7) is 6.37. The minimum absolute atomic E-state index is 0.0839. The average molecular weight is 303 g/mol. The predicted molar refractivity (Wildman–Crippen MR) is 78.7 cm³/mol. The standard InChI is InChI=1S/C12H25N5O2S/c1-8(2)11(7-17(4)5)16-20(18,19)12-9(3)14-15-10(12)6-13/h8,11,16H,6-7,13H2,1-5H3,(H,14,15). The van der Waals surface area contributed by atoms with Crippen molar-refractivity contribution >= 4 is 10.0 Å². The van der Waals surface area contributed by atoms with Crippen LogP contribution in [0.1, 0.15) is 25.2 Å². The third-order valence-corrected chi connectivity index (χ3v) is 4.79. The van der Waals surface area contributed by atoms with Gasteiger partial charge in [0.25, 0.3) is 0 Å². The molecule has 1 aromatic rings. The number of aromatic amines is 1. The van der Waals surface area contributed by atoms with Crippen molar-refractivity contribution in [2.75, 3.05) is 20.6 Å². The first-order valence-corrected chi connectivity index (χ1v) is 8.08. The summed E-state index contributed by atoms with van der Waals surface area (Å²) in [6.07, 6.45) is 0. The third kappa shape index (κ3) is 4.02. The molecule has 1 heterocycles. The highest BCUT2D eigenvalue weighted by atomic mass is 32.2. The van der Waals surface area contributed by atoms with Crippen molar-refractivity contribution in [3.05, 3.63) is 11.4 Å². The van der Waals surface area contributed by atoms with Gasteiger partial charge in [0.15, 0.2) is 0 Å². The van der Waals surface area contributed by atoms with Gasteiger partial charge in [-0.3, -0.25) is 5.10 Å². The minimum Gasteiger partial charge on any atom is -0.325 e. The lowest BCUT2D eigenvalue weighted by molar-refractivity contribution is 0.314. The largest absolute Gasteiger partial charge is 0.325 e. The molecule has 0 aromatic carbocycles. The van der Waals surface area contributed by atoms with E-state index in [-0.39, 0.29) is 23.4 Å². The number of nitrogens with one attached hydrogen (secondary N) is 2. The van der Waals surface area contributed by atoms with Crippen LogP contribution in [0.2, 0.25) is 0 Å². The van der Waals surface area contributed by atoms with Crippen LogP contribution in [-0.4, -0.2) is 50.2 Å². The topological polar surface area (TPSA) is 104 Å². The number of aryl methyl sites for hydroxylation is 1. The summed E-state index contributed by atoms with van der Waals surface area (Å²) in [7, 11) is 0.199. The SMILES string of the molecule is Cc1[nH]nc(CN)c1S(=O)(=O)NC(CN(C)C)C(C)C. The van der Waals surface area contributed by atoms with Crippen LogP contribution in [-0.2, 0) is 16.6 Å². The molecule has 1 rings (SSSR count). The maximum Gasteiger partial charge on any atom is 0.244 e. The fraction of sp³-hybridized carbons (Fsp3) is 0.750. The zero-order chi connectivity index (χ0) is 15.5. The van der Waals surface area contributed by atoms with Crippen molar-refractivity contribution in [2.24, 2.45) is 11.7 Å². The number of H-pyrrole nitrogens is 1. The molecule has 7 nitrogen and oxygen atoms in total. The molecule has 0 aliphatic carbocycles. The highest BCUT2D eigenvalue weighted by molar-refractivity contribution is 7.89. The summed E-state index contributed by atoms with van der Waals surface area (Å²) < 4.78 is 27.8. The van der Waals surface area contributed by atoms with E-state index in [0.717, 1.165) is 0 Å². The van der Waals surface area contributed by atoms with E-state index < -0.39 is 10.0 Å². The van der Waals surface area contributed by atoms with Crippen LogP contribution in [0.25, 0.3) is 0 Å². The second kappa shape index (κ2) is 6.66. The van der Waals surface area contributed by atoms with E-state index in [1.165, 1.54) is 0 Å². The van der Waals surface area contributed by atoms with Gasteiger partial charge >= 0.3 is 0 Å². The summed E-state index contributed by atoms with van der Waals surface area (Å²) in [6, 6.07) is -0.171. The molecule has 0 bridgehead atoms. The van der Waals surface area contributed by atoms with Crippen LogP contribution in [0.15, 0.2) is 4.90 Å². The van der Waals surface area contributed by atoms with Crippen molar-refractivity contribution in [2.45, 2.75) is 38.3 Å². The van der Waals surface area contributed by atoms with Gasteiger partial charge < -0.3 is 10.6 Å². The van der Waals surface area contributed by atoms with E-state index in [1.807, 2.05) is 32.8 Å². The molecule has 4 N–H and O–H groups in total. The van der Waals surface area contributed by atoms with Crippen molar-refractivity contribution in [1.82, 2.24) is 19.8 Å². The molecular weight excluding hydrogens is 278 g/mol. The Morgan fingerprint density at radius 1 is 1.40 bits per heavy atom. The number of nitrogens with zero attached hydrogens (tertiary/aromatic N) is 2. The van der Waals surface area contributed by atoms with E-state index in [9.17, 15) is 8.42 Å². The fourth-order valence-electron chi connectivity index (χ4n) is 2.00. The van der Waals surface area contributed by atoms with Crippen LogP contribution in [0.4, 0.5) is 0 Å². The Kier molecular flexibility index (Phi) is 5.69. The van der Waals surface area contributed by atoms with Crippen molar-refractivity contribution < 1.29 is 8.42 Å². The van der Waals surface area contributed by atoms with Gasteiger partial charge in [-0.1, -0.05) is 13.8 Å². The quantitative estimate of drug-likeness (QED) is 0.660. The van der Waals surface area contributed by atoms with Gasteiger partial charge in [0.2, 0.25) is 10.0 Å². The molecule has 0 saturated heterocycles. The number of hydrogen-bond acceptors (Lipinski definition) is 5. The Labute approximate surface area is 121 Å². The Balaban J connectivity index is 3.06. The number of hydrogen-bond donors (Lipinski definition) is 3. The molecule has 20 heavy (non-hydrogen) atoms. The highest BCUT2D eigenvalue weighted by Gasteiger charge is 2.28. The Bertz CT molecular complexity index is 536. The average Bonchev–Trinajstić information content (AvgIpc) is 2.69. The normalized spacial score (nSPS) is 14.2. The van der Waals surface area contributed by atoms with Gasteiger partial charge in [0.05, 0.1) is 11.4 Å². The number of aromatic nitrogens is 2. The maximum absolute atomic E-state index is 12.5. The molecule has 0 saturated carbocycles.